The van der Waals surface area contributed by atoms with Gasteiger partial charge in [0, 0.05) is 30.7 Å². The Labute approximate surface area is 116 Å². The molecule has 98 valence electrons. The van der Waals surface area contributed by atoms with Crippen molar-refractivity contribution in [1.29, 1.82) is 0 Å². The minimum absolute atomic E-state index is 0.601. The monoisotopic (exact) mass is 310 g/mol. The number of allylic oxidation sites excluding steroid dienone is 5. The molecule has 0 atom stereocenters. The number of nitrogens with zero attached hydrogens (tertiary/aromatic N) is 2. The van der Waals surface area contributed by atoms with Crippen molar-refractivity contribution in [2.75, 3.05) is 33.2 Å². The summed E-state index contributed by atoms with van der Waals surface area (Å²) >= 11 is 3.43. The van der Waals surface area contributed by atoms with Gasteiger partial charge in [0.2, 0.25) is 0 Å². The molecule has 0 saturated carbocycles. The first-order valence-corrected chi connectivity index (χ1v) is 6.82. The highest BCUT2D eigenvalue weighted by atomic mass is 79.9. The minimum Gasteiger partial charge on any atom is -0.396 e. The van der Waals surface area contributed by atoms with Crippen LogP contribution in [0.2, 0.25) is 0 Å². The predicted octanol–water partition coefficient (Wildman–Crippen LogP) is 1.10. The van der Waals surface area contributed by atoms with Gasteiger partial charge in [-0.05, 0) is 35.1 Å². The summed E-state index contributed by atoms with van der Waals surface area (Å²) < 4.78 is 0.830. The molecule has 0 spiro atoms. The Hall–Kier alpha value is -1.20. The Balaban J connectivity index is 2.26. The van der Waals surface area contributed by atoms with E-state index in [2.05, 4.69) is 32.8 Å². The first-order valence-electron chi connectivity index (χ1n) is 6.03. The van der Waals surface area contributed by atoms with Gasteiger partial charge < -0.3 is 21.3 Å². The van der Waals surface area contributed by atoms with E-state index in [0.717, 1.165) is 36.4 Å². The highest BCUT2D eigenvalue weighted by Gasteiger charge is 2.19. The Morgan fingerprint density at radius 1 is 1.00 bits per heavy atom. The van der Waals surface area contributed by atoms with Crippen LogP contribution in [0, 0.1) is 0 Å². The SMILES string of the molecule is CN1CCN(C2=C/C=C/C=C(/Br)C(N)=C2N)CC1. The average Bonchev–Trinajstić information content (AvgIpc) is 2.37. The van der Waals surface area contributed by atoms with Gasteiger partial charge in [0.15, 0.2) is 0 Å². The van der Waals surface area contributed by atoms with Crippen LogP contribution in [-0.4, -0.2) is 43.0 Å². The summed E-state index contributed by atoms with van der Waals surface area (Å²) in [6.45, 7) is 4.05. The van der Waals surface area contributed by atoms with Gasteiger partial charge in [-0.1, -0.05) is 12.2 Å². The lowest BCUT2D eigenvalue weighted by Crippen LogP contribution is -2.44. The first kappa shape index (κ1) is 13.2. The third-order valence-corrected chi connectivity index (χ3v) is 3.97. The second-order valence-electron chi connectivity index (χ2n) is 4.57. The fourth-order valence-corrected chi connectivity index (χ4v) is 2.42. The quantitative estimate of drug-likeness (QED) is 0.761. The number of likely N-dealkylation sites (N-methyl/N-ethyl adjacent to an activating group) is 1. The number of hydrogen-bond donors (Lipinski definition) is 2. The Kier molecular flexibility index (Phi) is 4.14. The van der Waals surface area contributed by atoms with Crippen molar-refractivity contribution in [2.45, 2.75) is 0 Å². The maximum absolute atomic E-state index is 6.17. The molecule has 1 heterocycles. The fourth-order valence-electron chi connectivity index (χ4n) is 2.06. The van der Waals surface area contributed by atoms with Gasteiger partial charge in [-0.3, -0.25) is 0 Å². The van der Waals surface area contributed by atoms with E-state index in [1.54, 1.807) is 0 Å². The molecule has 4 nitrogen and oxygen atoms in total. The second-order valence-corrected chi connectivity index (χ2v) is 5.42. The summed E-state index contributed by atoms with van der Waals surface area (Å²) in [5, 5.41) is 0. The van der Waals surface area contributed by atoms with Crippen LogP contribution in [0.3, 0.4) is 0 Å². The molecule has 0 amide bonds. The zero-order chi connectivity index (χ0) is 13.1. The van der Waals surface area contributed by atoms with E-state index in [-0.39, 0.29) is 0 Å². The van der Waals surface area contributed by atoms with E-state index in [1.165, 1.54) is 0 Å². The first-order chi connectivity index (χ1) is 8.59. The highest BCUT2D eigenvalue weighted by molar-refractivity contribution is 9.12. The molecule has 1 fully saturated rings. The molecule has 0 bridgehead atoms. The van der Waals surface area contributed by atoms with E-state index >= 15 is 0 Å². The predicted molar refractivity (Wildman–Crippen MR) is 78.7 cm³/mol. The normalized spacial score (nSPS) is 27.1. The summed E-state index contributed by atoms with van der Waals surface area (Å²) in [6.07, 6.45) is 7.89. The highest BCUT2D eigenvalue weighted by Crippen LogP contribution is 2.23. The molecule has 0 aromatic carbocycles. The maximum atomic E-state index is 6.17. The van der Waals surface area contributed by atoms with Crippen LogP contribution >= 0.6 is 15.9 Å². The average molecular weight is 311 g/mol. The number of nitrogens with two attached hydrogens (primary N) is 2. The summed E-state index contributed by atoms with van der Waals surface area (Å²) in [6, 6.07) is 0. The molecular weight excluding hydrogens is 292 g/mol. The standard InChI is InChI=1S/C13H19BrN4/c1-17-6-8-18(9-7-17)11-5-3-2-4-10(14)12(15)13(11)16/h2-5H,6-9,15-16H2,1H3/b3-2+,4-2?,5-3?,10-4+,11-5?,12-10?,13-11?,13-12?. The van der Waals surface area contributed by atoms with Gasteiger partial charge >= 0.3 is 0 Å². The van der Waals surface area contributed by atoms with Gasteiger partial charge in [0.25, 0.3) is 0 Å². The van der Waals surface area contributed by atoms with Crippen molar-refractivity contribution < 1.29 is 0 Å². The number of hydrogen-bond acceptors (Lipinski definition) is 4. The lowest BCUT2D eigenvalue weighted by Gasteiger charge is -2.36. The topological polar surface area (TPSA) is 58.5 Å². The molecule has 0 radical (unpaired) electrons. The van der Waals surface area contributed by atoms with Crippen LogP contribution < -0.4 is 11.5 Å². The van der Waals surface area contributed by atoms with Crippen LogP contribution in [0.15, 0.2) is 45.9 Å². The Bertz CT molecular complexity index is 440. The zero-order valence-electron chi connectivity index (χ0n) is 10.6. The van der Waals surface area contributed by atoms with E-state index in [9.17, 15) is 0 Å². The van der Waals surface area contributed by atoms with Gasteiger partial charge in [-0.25, -0.2) is 0 Å². The van der Waals surface area contributed by atoms with Crippen LogP contribution in [-0.2, 0) is 0 Å². The smallest absolute Gasteiger partial charge is 0.0797 e. The molecule has 0 unspecified atom stereocenters. The summed E-state index contributed by atoms with van der Waals surface area (Å²) in [7, 11) is 2.14. The largest absolute Gasteiger partial charge is 0.396 e. The molecule has 1 aliphatic carbocycles. The summed E-state index contributed by atoms with van der Waals surface area (Å²) in [5.74, 6) is 0. The molecule has 2 aliphatic rings. The van der Waals surface area contributed by atoms with Gasteiger partial charge in [-0.15, -0.1) is 0 Å². The van der Waals surface area contributed by atoms with Crippen molar-refractivity contribution in [3.63, 3.8) is 0 Å². The van der Waals surface area contributed by atoms with Gasteiger partial charge in [0.05, 0.1) is 17.1 Å². The number of piperazine rings is 1. The number of halogens is 1. The van der Waals surface area contributed by atoms with E-state index in [0.29, 0.717) is 11.4 Å². The Morgan fingerprint density at radius 3 is 2.28 bits per heavy atom. The second kappa shape index (κ2) is 5.63. The van der Waals surface area contributed by atoms with Gasteiger partial charge in [0.1, 0.15) is 0 Å². The summed E-state index contributed by atoms with van der Waals surface area (Å²) in [4.78, 5) is 4.60. The van der Waals surface area contributed by atoms with Crippen molar-refractivity contribution in [3.8, 4) is 0 Å². The van der Waals surface area contributed by atoms with E-state index in [4.69, 9.17) is 11.5 Å². The molecule has 18 heavy (non-hydrogen) atoms. The van der Waals surface area contributed by atoms with Crippen molar-refractivity contribution in [2.24, 2.45) is 11.5 Å². The van der Waals surface area contributed by atoms with Crippen molar-refractivity contribution in [3.05, 3.63) is 45.9 Å². The van der Waals surface area contributed by atoms with Crippen LogP contribution in [0.4, 0.5) is 0 Å². The Morgan fingerprint density at radius 2 is 1.61 bits per heavy atom. The van der Waals surface area contributed by atoms with Crippen LogP contribution in [0.5, 0.6) is 0 Å². The van der Waals surface area contributed by atoms with E-state index < -0.39 is 0 Å². The van der Waals surface area contributed by atoms with Crippen molar-refractivity contribution >= 4 is 15.9 Å². The molecule has 1 aliphatic heterocycles. The van der Waals surface area contributed by atoms with Gasteiger partial charge in [-0.2, -0.15) is 0 Å². The third kappa shape index (κ3) is 2.79. The molecule has 5 heteroatoms. The fraction of sp³-hybridized carbons (Fsp3) is 0.385. The van der Waals surface area contributed by atoms with E-state index in [1.807, 2.05) is 24.3 Å². The lowest BCUT2D eigenvalue weighted by atomic mass is 10.1. The molecule has 4 N–H and O–H groups in total. The van der Waals surface area contributed by atoms with Crippen LogP contribution in [0.1, 0.15) is 0 Å². The third-order valence-electron chi connectivity index (χ3n) is 3.28. The molecule has 0 aromatic rings. The number of rotatable bonds is 1. The summed E-state index contributed by atoms with van der Waals surface area (Å²) in [5.41, 5.74) is 14.5. The molecule has 2 rings (SSSR count). The van der Waals surface area contributed by atoms with Crippen LogP contribution in [0.25, 0.3) is 0 Å². The lowest BCUT2D eigenvalue weighted by molar-refractivity contribution is 0.188. The molecular formula is C13H19BrN4. The van der Waals surface area contributed by atoms with Crippen molar-refractivity contribution in [1.82, 2.24) is 9.80 Å². The maximum Gasteiger partial charge on any atom is 0.0797 e. The zero-order valence-corrected chi connectivity index (χ0v) is 12.2. The molecule has 0 aromatic heterocycles. The molecule has 1 saturated heterocycles. The minimum atomic E-state index is 0.601.